The van der Waals surface area contributed by atoms with Gasteiger partial charge >= 0.3 is 0 Å². The lowest BCUT2D eigenvalue weighted by Gasteiger charge is -2.13. The van der Waals surface area contributed by atoms with Gasteiger partial charge in [0.2, 0.25) is 0 Å². The van der Waals surface area contributed by atoms with Gasteiger partial charge in [0.05, 0.1) is 14.2 Å². The number of methoxy groups -OCH3 is 2. The second-order valence-electron chi connectivity index (χ2n) is 5.94. The molecule has 0 saturated heterocycles. The minimum Gasteiger partial charge on any atom is -0.497 e. The highest BCUT2D eigenvalue weighted by Crippen LogP contribution is 2.17. The maximum Gasteiger partial charge on any atom is 0.190 e. The molecule has 0 aliphatic heterocycles. The van der Waals surface area contributed by atoms with Crippen molar-refractivity contribution < 1.29 is 9.47 Å². The lowest BCUT2D eigenvalue weighted by molar-refractivity contribution is 0.409. The van der Waals surface area contributed by atoms with Gasteiger partial charge in [0, 0.05) is 20.1 Å². The average molecular weight is 483 g/mol. The number of nitrogens with zero attached hydrogens (tertiary/aromatic N) is 1. The molecule has 0 heterocycles. The Hall–Kier alpha value is -1.96. The zero-order valence-corrected chi connectivity index (χ0v) is 18.7. The number of hydrogen-bond donors (Lipinski definition) is 2. The van der Waals surface area contributed by atoms with Crippen LogP contribution in [-0.4, -0.2) is 40.3 Å². The summed E-state index contributed by atoms with van der Waals surface area (Å²) in [5.74, 6) is 2.65. The van der Waals surface area contributed by atoms with E-state index in [0.29, 0.717) is 0 Å². The van der Waals surface area contributed by atoms with Gasteiger partial charge in [0.15, 0.2) is 5.96 Å². The predicted octanol–water partition coefficient (Wildman–Crippen LogP) is 3.66. The molecule has 148 valence electrons. The number of hydrogen-bond acceptors (Lipinski definition) is 3. The minimum absolute atomic E-state index is 0. The van der Waals surface area contributed by atoms with Gasteiger partial charge < -0.3 is 20.1 Å². The van der Waals surface area contributed by atoms with Crippen molar-refractivity contribution in [1.82, 2.24) is 10.6 Å². The number of ether oxygens (including phenoxy) is 2. The molecule has 2 rings (SSSR count). The summed E-state index contributed by atoms with van der Waals surface area (Å²) in [4.78, 5) is 4.28. The first kappa shape index (κ1) is 23.1. The van der Waals surface area contributed by atoms with Crippen LogP contribution in [-0.2, 0) is 12.8 Å². The van der Waals surface area contributed by atoms with Crippen LogP contribution < -0.4 is 20.1 Å². The molecule has 0 atom stereocenters. The quantitative estimate of drug-likeness (QED) is 0.248. The van der Waals surface area contributed by atoms with E-state index >= 15 is 0 Å². The Kier molecular flexibility index (Phi) is 11.3. The number of aryl methyl sites for hydroxylation is 1. The van der Waals surface area contributed by atoms with E-state index in [1.807, 2.05) is 30.3 Å². The Morgan fingerprint density at radius 2 is 1.59 bits per heavy atom. The van der Waals surface area contributed by atoms with Crippen LogP contribution in [0.5, 0.6) is 11.5 Å². The molecule has 0 radical (unpaired) electrons. The van der Waals surface area contributed by atoms with Crippen molar-refractivity contribution in [2.45, 2.75) is 19.3 Å². The molecule has 5 nitrogen and oxygen atoms in total. The van der Waals surface area contributed by atoms with Crippen LogP contribution in [0.1, 0.15) is 17.5 Å². The number of halogens is 1. The zero-order chi connectivity index (χ0) is 18.6. The zero-order valence-electron chi connectivity index (χ0n) is 16.3. The van der Waals surface area contributed by atoms with Crippen LogP contribution in [0, 0.1) is 0 Å². The second kappa shape index (κ2) is 13.2. The van der Waals surface area contributed by atoms with E-state index in [2.05, 4.69) is 33.8 Å². The highest BCUT2D eigenvalue weighted by Gasteiger charge is 2.02. The summed E-state index contributed by atoms with van der Waals surface area (Å²) in [5, 5.41) is 6.71. The molecule has 2 aromatic carbocycles. The fraction of sp³-hybridized carbons (Fsp3) is 0.381. The number of nitrogens with one attached hydrogen (secondary N) is 2. The number of aliphatic imine (C=N–C) groups is 1. The van der Waals surface area contributed by atoms with Crippen molar-refractivity contribution in [3.05, 3.63) is 59.7 Å². The number of guanidine groups is 1. The summed E-state index contributed by atoms with van der Waals surface area (Å²) in [6.45, 7) is 1.68. The molecule has 0 unspecified atom stereocenters. The summed E-state index contributed by atoms with van der Waals surface area (Å²) in [7, 11) is 5.18. The van der Waals surface area contributed by atoms with Crippen molar-refractivity contribution in [3.63, 3.8) is 0 Å². The normalized spacial score (nSPS) is 10.7. The van der Waals surface area contributed by atoms with Gasteiger partial charge in [-0.3, -0.25) is 4.99 Å². The van der Waals surface area contributed by atoms with Crippen LogP contribution >= 0.6 is 24.0 Å². The molecule has 27 heavy (non-hydrogen) atoms. The molecule has 0 aliphatic carbocycles. The van der Waals surface area contributed by atoms with Gasteiger partial charge in [0.25, 0.3) is 0 Å². The van der Waals surface area contributed by atoms with Gasteiger partial charge in [-0.25, -0.2) is 0 Å². The summed E-state index contributed by atoms with van der Waals surface area (Å²) in [6.07, 6.45) is 2.95. The second-order valence-corrected chi connectivity index (χ2v) is 5.94. The fourth-order valence-corrected chi connectivity index (χ4v) is 2.74. The highest BCUT2D eigenvalue weighted by atomic mass is 127. The summed E-state index contributed by atoms with van der Waals surface area (Å²) < 4.78 is 10.6. The number of para-hydroxylation sites is 1. The van der Waals surface area contributed by atoms with Gasteiger partial charge in [-0.15, -0.1) is 24.0 Å². The first-order valence-electron chi connectivity index (χ1n) is 8.96. The van der Waals surface area contributed by atoms with Crippen molar-refractivity contribution in [2.24, 2.45) is 4.99 Å². The molecule has 0 saturated carbocycles. The molecule has 2 aromatic rings. The molecule has 0 bridgehead atoms. The Morgan fingerprint density at radius 1 is 0.889 bits per heavy atom. The number of rotatable bonds is 9. The van der Waals surface area contributed by atoms with Crippen molar-refractivity contribution >= 4 is 29.9 Å². The average Bonchev–Trinajstić information content (AvgIpc) is 2.70. The molecule has 6 heteroatoms. The monoisotopic (exact) mass is 483 g/mol. The van der Waals surface area contributed by atoms with Crippen LogP contribution in [0.3, 0.4) is 0 Å². The van der Waals surface area contributed by atoms with Crippen molar-refractivity contribution in [2.75, 3.05) is 34.4 Å². The SMILES string of the molecule is CN=C(NCCCc1ccc(OC)cc1)NCCc1ccccc1OC.I. The molecular weight excluding hydrogens is 453 g/mol. The van der Waals surface area contributed by atoms with Gasteiger partial charge in [-0.05, 0) is 48.6 Å². The fourth-order valence-electron chi connectivity index (χ4n) is 2.74. The maximum atomic E-state index is 5.38. The van der Waals surface area contributed by atoms with Crippen LogP contribution in [0.4, 0.5) is 0 Å². The predicted molar refractivity (Wildman–Crippen MR) is 123 cm³/mol. The van der Waals surface area contributed by atoms with Crippen molar-refractivity contribution in [1.29, 1.82) is 0 Å². The third kappa shape index (κ3) is 8.07. The summed E-state index contributed by atoms with van der Waals surface area (Å²) in [5.41, 5.74) is 2.50. The Labute approximate surface area is 179 Å². The Bertz CT molecular complexity index is 690. The molecule has 0 fully saturated rings. The van der Waals surface area contributed by atoms with E-state index in [0.717, 1.165) is 49.8 Å². The van der Waals surface area contributed by atoms with E-state index in [4.69, 9.17) is 9.47 Å². The topological polar surface area (TPSA) is 54.9 Å². The maximum absolute atomic E-state index is 5.38. The van der Waals surface area contributed by atoms with Crippen LogP contribution in [0.25, 0.3) is 0 Å². The van der Waals surface area contributed by atoms with E-state index in [1.165, 1.54) is 11.1 Å². The van der Waals surface area contributed by atoms with Gasteiger partial charge in [-0.1, -0.05) is 30.3 Å². The molecule has 2 N–H and O–H groups in total. The Morgan fingerprint density at radius 3 is 2.26 bits per heavy atom. The largest absolute Gasteiger partial charge is 0.497 e. The van der Waals surface area contributed by atoms with Gasteiger partial charge in [-0.2, -0.15) is 0 Å². The highest BCUT2D eigenvalue weighted by molar-refractivity contribution is 14.0. The van der Waals surface area contributed by atoms with E-state index < -0.39 is 0 Å². The molecule has 0 amide bonds. The molecule has 0 aliphatic rings. The minimum atomic E-state index is 0. The smallest absolute Gasteiger partial charge is 0.190 e. The van der Waals surface area contributed by atoms with E-state index in [9.17, 15) is 0 Å². The van der Waals surface area contributed by atoms with Crippen LogP contribution in [0.2, 0.25) is 0 Å². The molecular formula is C21H30IN3O2. The first-order chi connectivity index (χ1) is 12.8. The Balaban J connectivity index is 0.00000364. The molecule has 0 spiro atoms. The van der Waals surface area contributed by atoms with Crippen LogP contribution in [0.15, 0.2) is 53.5 Å². The lowest BCUT2D eigenvalue weighted by atomic mass is 10.1. The van der Waals surface area contributed by atoms with E-state index in [-0.39, 0.29) is 24.0 Å². The first-order valence-corrected chi connectivity index (χ1v) is 8.96. The van der Waals surface area contributed by atoms with E-state index in [1.54, 1.807) is 21.3 Å². The standard InChI is InChI=1S/C21H29N3O2.HI/c1-22-21(24-16-14-18-8-4-5-9-20(18)26-3)23-15-6-7-17-10-12-19(25-2)13-11-17;/h4-5,8-13H,6-7,14-16H2,1-3H3,(H2,22,23,24);1H. The summed E-state index contributed by atoms with van der Waals surface area (Å²) >= 11 is 0. The lowest BCUT2D eigenvalue weighted by Crippen LogP contribution is -2.38. The third-order valence-corrected chi connectivity index (χ3v) is 4.20. The molecule has 0 aromatic heterocycles. The summed E-state index contributed by atoms with van der Waals surface area (Å²) in [6, 6.07) is 16.3. The van der Waals surface area contributed by atoms with Gasteiger partial charge in [0.1, 0.15) is 11.5 Å². The van der Waals surface area contributed by atoms with Crippen molar-refractivity contribution in [3.8, 4) is 11.5 Å². The third-order valence-electron chi connectivity index (χ3n) is 4.20. The number of benzene rings is 2.